The van der Waals surface area contributed by atoms with Gasteiger partial charge in [-0.05, 0) is 30.7 Å². The number of hydrogen-bond donors (Lipinski definition) is 0. The second-order valence-corrected chi connectivity index (χ2v) is 5.93. The average Bonchev–Trinajstić information content (AvgIpc) is 3.06. The third-order valence-electron chi connectivity index (χ3n) is 3.69. The Labute approximate surface area is 129 Å². The van der Waals surface area contributed by atoms with Crippen LogP contribution in [-0.4, -0.2) is 53.4 Å². The van der Waals surface area contributed by atoms with Crippen molar-refractivity contribution < 1.29 is 19.1 Å². The molecule has 0 aromatic heterocycles. The van der Waals surface area contributed by atoms with E-state index in [9.17, 15) is 14.4 Å². The number of likely N-dealkylation sites (tertiary alicyclic amines) is 1. The molecule has 2 aliphatic heterocycles. The number of nitrogens with zero attached hydrogens (tertiary/aromatic N) is 2. The lowest BCUT2D eigenvalue weighted by atomic mass is 10.2. The number of hydrogen-bond acceptors (Lipinski definition) is 4. The van der Waals surface area contributed by atoms with E-state index in [1.807, 2.05) is 12.1 Å². The molecular formula is C14H13BrN2O4. The summed E-state index contributed by atoms with van der Waals surface area (Å²) in [6.07, 6.45) is -0.0220. The van der Waals surface area contributed by atoms with Gasteiger partial charge in [-0.1, -0.05) is 15.9 Å². The Kier molecular flexibility index (Phi) is 3.67. The number of amides is 3. The summed E-state index contributed by atoms with van der Waals surface area (Å²) in [5.74, 6) is -0.423. The minimum Gasteiger partial charge on any atom is -0.439 e. The maximum absolute atomic E-state index is 12.4. The van der Waals surface area contributed by atoms with Gasteiger partial charge in [0.2, 0.25) is 0 Å². The van der Waals surface area contributed by atoms with E-state index in [0.717, 1.165) is 9.37 Å². The van der Waals surface area contributed by atoms with Crippen molar-refractivity contribution in [2.24, 2.45) is 0 Å². The number of cyclic esters (lactones) is 1. The van der Waals surface area contributed by atoms with E-state index in [4.69, 9.17) is 4.74 Å². The highest BCUT2D eigenvalue weighted by Crippen LogP contribution is 2.22. The molecule has 0 radical (unpaired) electrons. The van der Waals surface area contributed by atoms with E-state index in [1.165, 1.54) is 0 Å². The second kappa shape index (κ2) is 5.48. The molecule has 1 aromatic carbocycles. The zero-order chi connectivity index (χ0) is 15.0. The van der Waals surface area contributed by atoms with Crippen LogP contribution in [0, 0.1) is 0 Å². The molecule has 2 aliphatic rings. The molecule has 0 saturated carbocycles. The Balaban J connectivity index is 1.69. The molecule has 0 unspecified atom stereocenters. The van der Waals surface area contributed by atoms with E-state index >= 15 is 0 Å². The highest BCUT2D eigenvalue weighted by molar-refractivity contribution is 9.10. The molecule has 7 heteroatoms. The van der Waals surface area contributed by atoms with Crippen LogP contribution in [0.4, 0.5) is 4.79 Å². The van der Waals surface area contributed by atoms with E-state index in [-0.39, 0.29) is 24.5 Å². The molecule has 3 amide bonds. The lowest BCUT2D eigenvalue weighted by molar-refractivity contribution is -0.127. The molecule has 0 aliphatic carbocycles. The van der Waals surface area contributed by atoms with Gasteiger partial charge >= 0.3 is 6.09 Å². The van der Waals surface area contributed by atoms with Gasteiger partial charge in [-0.15, -0.1) is 0 Å². The minimum absolute atomic E-state index is 0.0926. The van der Waals surface area contributed by atoms with Crippen LogP contribution in [0.1, 0.15) is 16.8 Å². The van der Waals surface area contributed by atoms with Gasteiger partial charge in [0.15, 0.2) is 6.61 Å². The summed E-state index contributed by atoms with van der Waals surface area (Å²) < 4.78 is 5.62. The minimum atomic E-state index is -0.608. The Hall–Kier alpha value is -1.89. The second-order valence-electron chi connectivity index (χ2n) is 5.02. The van der Waals surface area contributed by atoms with Gasteiger partial charge in [0.05, 0.1) is 6.04 Å². The fraction of sp³-hybridized carbons (Fsp3) is 0.357. The SMILES string of the molecule is O=C(c1ccc(Br)cc1)N1CC[C@@H](N2C(=O)COC2=O)C1. The van der Waals surface area contributed by atoms with Gasteiger partial charge in [0.1, 0.15) is 0 Å². The molecule has 0 N–H and O–H groups in total. The Morgan fingerprint density at radius 2 is 1.95 bits per heavy atom. The third kappa shape index (κ3) is 2.65. The number of carbonyl (C=O) groups is 3. The Morgan fingerprint density at radius 3 is 2.57 bits per heavy atom. The van der Waals surface area contributed by atoms with Crippen LogP contribution in [0.3, 0.4) is 0 Å². The van der Waals surface area contributed by atoms with Gasteiger partial charge in [0.25, 0.3) is 11.8 Å². The summed E-state index contributed by atoms with van der Waals surface area (Å²) in [5, 5.41) is 0. The normalized spacial score (nSPS) is 21.9. The van der Waals surface area contributed by atoms with Crippen LogP contribution in [0.15, 0.2) is 28.7 Å². The zero-order valence-electron chi connectivity index (χ0n) is 11.1. The molecule has 1 atom stereocenters. The molecule has 1 aromatic rings. The van der Waals surface area contributed by atoms with Gasteiger partial charge in [-0.25, -0.2) is 9.69 Å². The number of ether oxygens (including phenoxy) is 1. The smallest absolute Gasteiger partial charge is 0.417 e. The van der Waals surface area contributed by atoms with Crippen LogP contribution in [0.25, 0.3) is 0 Å². The maximum Gasteiger partial charge on any atom is 0.417 e. The molecule has 2 heterocycles. The van der Waals surface area contributed by atoms with Crippen molar-refractivity contribution in [2.45, 2.75) is 12.5 Å². The fourth-order valence-electron chi connectivity index (χ4n) is 2.63. The number of halogens is 1. The third-order valence-corrected chi connectivity index (χ3v) is 4.22. The summed E-state index contributed by atoms with van der Waals surface area (Å²) >= 11 is 3.33. The zero-order valence-corrected chi connectivity index (χ0v) is 12.7. The molecule has 0 spiro atoms. The molecule has 21 heavy (non-hydrogen) atoms. The van der Waals surface area contributed by atoms with Crippen LogP contribution in [-0.2, 0) is 9.53 Å². The van der Waals surface area contributed by atoms with E-state index in [1.54, 1.807) is 17.0 Å². The molecule has 2 saturated heterocycles. The molecule has 6 nitrogen and oxygen atoms in total. The topological polar surface area (TPSA) is 66.9 Å². The number of rotatable bonds is 2. The largest absolute Gasteiger partial charge is 0.439 e. The summed E-state index contributed by atoms with van der Waals surface area (Å²) in [6.45, 7) is 0.683. The van der Waals surface area contributed by atoms with Gasteiger partial charge in [-0.3, -0.25) is 9.59 Å². The number of carbonyl (C=O) groups excluding carboxylic acids is 3. The molecule has 2 fully saturated rings. The molecule has 110 valence electrons. The maximum atomic E-state index is 12.4. The van der Waals surface area contributed by atoms with Crippen LogP contribution >= 0.6 is 15.9 Å². The van der Waals surface area contributed by atoms with Gasteiger partial charge in [-0.2, -0.15) is 0 Å². The van der Waals surface area contributed by atoms with E-state index < -0.39 is 6.09 Å². The van der Waals surface area contributed by atoms with Crippen molar-refractivity contribution in [1.82, 2.24) is 9.80 Å². The van der Waals surface area contributed by atoms with Crippen molar-refractivity contribution in [3.8, 4) is 0 Å². The first kappa shape index (κ1) is 14.1. The van der Waals surface area contributed by atoms with E-state index in [0.29, 0.717) is 25.1 Å². The highest BCUT2D eigenvalue weighted by atomic mass is 79.9. The first-order valence-corrected chi connectivity index (χ1v) is 7.39. The van der Waals surface area contributed by atoms with Crippen molar-refractivity contribution in [3.05, 3.63) is 34.3 Å². The fourth-order valence-corrected chi connectivity index (χ4v) is 2.89. The van der Waals surface area contributed by atoms with Crippen molar-refractivity contribution in [2.75, 3.05) is 19.7 Å². The quantitative estimate of drug-likeness (QED) is 0.811. The predicted octanol–water partition coefficient (Wildman–Crippen LogP) is 1.64. The predicted molar refractivity (Wildman–Crippen MR) is 76.6 cm³/mol. The van der Waals surface area contributed by atoms with Gasteiger partial charge < -0.3 is 9.64 Å². The Morgan fingerprint density at radius 1 is 1.24 bits per heavy atom. The molecule has 3 rings (SSSR count). The summed E-state index contributed by atoms with van der Waals surface area (Å²) in [7, 11) is 0. The van der Waals surface area contributed by atoms with Crippen LogP contribution < -0.4 is 0 Å². The van der Waals surface area contributed by atoms with Crippen molar-refractivity contribution in [3.63, 3.8) is 0 Å². The Bertz CT molecular complexity index is 585. The summed E-state index contributed by atoms with van der Waals surface area (Å²) in [5.41, 5.74) is 0.592. The lowest BCUT2D eigenvalue weighted by Crippen LogP contribution is -2.42. The monoisotopic (exact) mass is 352 g/mol. The van der Waals surface area contributed by atoms with Crippen molar-refractivity contribution in [1.29, 1.82) is 0 Å². The van der Waals surface area contributed by atoms with E-state index in [2.05, 4.69) is 15.9 Å². The lowest BCUT2D eigenvalue weighted by Gasteiger charge is -2.20. The average molecular weight is 353 g/mol. The standard InChI is InChI=1S/C14H13BrN2O4/c15-10-3-1-9(2-4-10)13(19)16-6-5-11(7-16)17-12(18)8-21-14(17)20/h1-4,11H,5-8H2/t11-/m1/s1. The van der Waals surface area contributed by atoms with Crippen LogP contribution in [0.5, 0.6) is 0 Å². The number of benzene rings is 1. The first-order chi connectivity index (χ1) is 10.1. The summed E-state index contributed by atoms with van der Waals surface area (Å²) in [6, 6.07) is 6.82. The van der Waals surface area contributed by atoms with Crippen LogP contribution in [0.2, 0.25) is 0 Å². The first-order valence-electron chi connectivity index (χ1n) is 6.60. The summed E-state index contributed by atoms with van der Waals surface area (Å²) in [4.78, 5) is 38.3. The number of imide groups is 1. The van der Waals surface area contributed by atoms with Gasteiger partial charge in [0, 0.05) is 23.1 Å². The highest BCUT2D eigenvalue weighted by Gasteiger charge is 2.41. The molecule has 0 bridgehead atoms. The van der Waals surface area contributed by atoms with Crippen molar-refractivity contribution >= 4 is 33.8 Å². The molecular weight excluding hydrogens is 340 g/mol.